The van der Waals surface area contributed by atoms with Crippen molar-refractivity contribution in [2.75, 3.05) is 13.7 Å². The zero-order chi connectivity index (χ0) is 16.5. The third-order valence-electron chi connectivity index (χ3n) is 3.82. The molecule has 2 atom stereocenters. The monoisotopic (exact) mass is 307 g/mol. The molecule has 0 spiro atoms. The van der Waals surface area contributed by atoms with Gasteiger partial charge >= 0.3 is 6.09 Å². The number of hydrogen-bond donors (Lipinski definition) is 2. The first kappa shape index (κ1) is 16.8. The SMILES string of the molecule is CN(Cc1ccc2c(c1)[C@@H](O)[C@@H](CO)C2)C(=O)OC(C)(C)C. The minimum Gasteiger partial charge on any atom is -0.444 e. The highest BCUT2D eigenvalue weighted by Gasteiger charge is 2.30. The first-order valence-corrected chi connectivity index (χ1v) is 7.56. The van der Waals surface area contributed by atoms with Crippen molar-refractivity contribution in [2.24, 2.45) is 5.92 Å². The first-order chi connectivity index (χ1) is 10.2. The summed E-state index contributed by atoms with van der Waals surface area (Å²) in [7, 11) is 1.69. The lowest BCUT2D eigenvalue weighted by Gasteiger charge is -2.25. The van der Waals surface area contributed by atoms with Crippen molar-refractivity contribution in [2.45, 2.75) is 45.4 Å². The first-order valence-electron chi connectivity index (χ1n) is 7.56. The molecular formula is C17H25NO4. The molecular weight excluding hydrogens is 282 g/mol. The molecule has 0 aromatic heterocycles. The predicted molar refractivity (Wildman–Crippen MR) is 83.4 cm³/mol. The topological polar surface area (TPSA) is 70.0 Å². The van der Waals surface area contributed by atoms with Gasteiger partial charge < -0.3 is 19.8 Å². The fourth-order valence-electron chi connectivity index (χ4n) is 2.69. The number of amides is 1. The Morgan fingerprint density at radius 3 is 2.68 bits per heavy atom. The normalized spacial score (nSPS) is 20.6. The molecule has 5 nitrogen and oxygen atoms in total. The van der Waals surface area contributed by atoms with Gasteiger partial charge in [0, 0.05) is 26.1 Å². The predicted octanol–water partition coefficient (Wildman–Crippen LogP) is 2.25. The van der Waals surface area contributed by atoms with Gasteiger partial charge in [-0.3, -0.25) is 0 Å². The van der Waals surface area contributed by atoms with Gasteiger partial charge in [-0.15, -0.1) is 0 Å². The van der Waals surface area contributed by atoms with Crippen LogP contribution in [0.15, 0.2) is 18.2 Å². The summed E-state index contributed by atoms with van der Waals surface area (Å²) in [5.41, 5.74) is 2.34. The Morgan fingerprint density at radius 1 is 1.41 bits per heavy atom. The van der Waals surface area contributed by atoms with Crippen molar-refractivity contribution in [1.82, 2.24) is 4.90 Å². The fourth-order valence-corrected chi connectivity index (χ4v) is 2.69. The van der Waals surface area contributed by atoms with Gasteiger partial charge in [0.1, 0.15) is 5.60 Å². The van der Waals surface area contributed by atoms with Crippen LogP contribution in [0.2, 0.25) is 0 Å². The number of carbonyl (C=O) groups excluding carboxylic acids is 1. The van der Waals surface area contributed by atoms with E-state index in [1.807, 2.05) is 39.0 Å². The molecule has 1 aromatic rings. The second-order valence-electron chi connectivity index (χ2n) is 6.96. The van der Waals surface area contributed by atoms with Gasteiger partial charge in [0.25, 0.3) is 0 Å². The molecule has 122 valence electrons. The van der Waals surface area contributed by atoms with Crippen LogP contribution in [0.5, 0.6) is 0 Å². The Balaban J connectivity index is 2.06. The molecule has 0 saturated carbocycles. The van der Waals surface area contributed by atoms with Gasteiger partial charge in [-0.25, -0.2) is 4.79 Å². The van der Waals surface area contributed by atoms with E-state index in [-0.39, 0.29) is 18.6 Å². The number of benzene rings is 1. The summed E-state index contributed by atoms with van der Waals surface area (Å²) in [6.45, 7) is 5.89. The quantitative estimate of drug-likeness (QED) is 0.898. The molecule has 22 heavy (non-hydrogen) atoms. The summed E-state index contributed by atoms with van der Waals surface area (Å²) in [5.74, 6) is -0.131. The van der Waals surface area contributed by atoms with Crippen LogP contribution in [0.3, 0.4) is 0 Å². The lowest BCUT2D eigenvalue weighted by Crippen LogP contribution is -2.33. The number of hydrogen-bond acceptors (Lipinski definition) is 4. The van der Waals surface area contributed by atoms with Crippen LogP contribution in [0.4, 0.5) is 4.79 Å². The van der Waals surface area contributed by atoms with Crippen LogP contribution >= 0.6 is 0 Å². The summed E-state index contributed by atoms with van der Waals surface area (Å²) >= 11 is 0. The van der Waals surface area contributed by atoms with E-state index in [0.717, 1.165) is 16.7 Å². The maximum Gasteiger partial charge on any atom is 0.410 e. The summed E-state index contributed by atoms with van der Waals surface area (Å²) < 4.78 is 5.32. The standard InChI is InChI=1S/C17H25NO4/c1-17(2,3)22-16(21)18(4)9-11-5-6-12-8-13(10-19)15(20)14(12)7-11/h5-7,13,15,19-20H,8-10H2,1-4H3/t13-,15+/m1/s1. The summed E-state index contributed by atoms with van der Waals surface area (Å²) in [6.07, 6.45) is -0.316. The van der Waals surface area contributed by atoms with E-state index in [1.54, 1.807) is 7.05 Å². The Labute approximate surface area is 131 Å². The van der Waals surface area contributed by atoms with E-state index in [9.17, 15) is 15.0 Å². The lowest BCUT2D eigenvalue weighted by molar-refractivity contribution is 0.0285. The summed E-state index contributed by atoms with van der Waals surface area (Å²) in [5, 5.41) is 19.5. The van der Waals surface area contributed by atoms with Crippen LogP contribution in [0.25, 0.3) is 0 Å². The molecule has 0 unspecified atom stereocenters. The Hall–Kier alpha value is -1.59. The van der Waals surface area contributed by atoms with Gasteiger partial charge in [0.2, 0.25) is 0 Å². The third kappa shape index (κ3) is 3.78. The average molecular weight is 307 g/mol. The molecule has 0 aliphatic heterocycles. The second kappa shape index (κ2) is 6.26. The highest BCUT2D eigenvalue weighted by molar-refractivity contribution is 5.67. The smallest absolute Gasteiger partial charge is 0.410 e. The number of nitrogens with zero attached hydrogens (tertiary/aromatic N) is 1. The fraction of sp³-hybridized carbons (Fsp3) is 0.588. The van der Waals surface area contributed by atoms with Gasteiger partial charge in [-0.2, -0.15) is 0 Å². The molecule has 5 heteroatoms. The van der Waals surface area contributed by atoms with E-state index in [4.69, 9.17) is 4.74 Å². The van der Waals surface area contributed by atoms with Crippen LogP contribution in [0, 0.1) is 5.92 Å². The number of ether oxygens (including phenoxy) is 1. The number of aliphatic hydroxyl groups excluding tert-OH is 2. The lowest BCUT2D eigenvalue weighted by atomic mass is 10.0. The van der Waals surface area contributed by atoms with Crippen LogP contribution in [-0.4, -0.2) is 40.5 Å². The van der Waals surface area contributed by atoms with E-state index in [2.05, 4.69) is 0 Å². The van der Waals surface area contributed by atoms with Gasteiger partial charge in [0.05, 0.1) is 6.10 Å². The highest BCUT2D eigenvalue weighted by Crippen LogP contribution is 2.36. The van der Waals surface area contributed by atoms with E-state index < -0.39 is 11.7 Å². The van der Waals surface area contributed by atoms with Crippen molar-refractivity contribution in [3.8, 4) is 0 Å². The van der Waals surface area contributed by atoms with Gasteiger partial charge in [-0.1, -0.05) is 18.2 Å². The summed E-state index contributed by atoms with van der Waals surface area (Å²) in [6, 6.07) is 5.83. The molecule has 0 bridgehead atoms. The Bertz CT molecular complexity index is 550. The minimum atomic E-state index is -0.633. The summed E-state index contributed by atoms with van der Waals surface area (Å²) in [4.78, 5) is 13.5. The van der Waals surface area contributed by atoms with Gasteiger partial charge in [-0.05, 0) is 43.9 Å². The van der Waals surface area contributed by atoms with Gasteiger partial charge in [0.15, 0.2) is 0 Å². The van der Waals surface area contributed by atoms with Crippen molar-refractivity contribution < 1.29 is 19.7 Å². The second-order valence-corrected chi connectivity index (χ2v) is 6.96. The number of carbonyl (C=O) groups is 1. The maximum atomic E-state index is 12.0. The largest absolute Gasteiger partial charge is 0.444 e. The average Bonchev–Trinajstić information content (AvgIpc) is 2.73. The van der Waals surface area contributed by atoms with Crippen LogP contribution in [-0.2, 0) is 17.7 Å². The minimum absolute atomic E-state index is 0.0248. The zero-order valence-electron chi connectivity index (χ0n) is 13.7. The molecule has 1 aromatic carbocycles. The number of rotatable bonds is 3. The van der Waals surface area contributed by atoms with E-state index in [0.29, 0.717) is 13.0 Å². The van der Waals surface area contributed by atoms with Crippen molar-refractivity contribution in [3.63, 3.8) is 0 Å². The molecule has 1 aliphatic carbocycles. The molecule has 2 N–H and O–H groups in total. The highest BCUT2D eigenvalue weighted by atomic mass is 16.6. The number of aliphatic hydroxyl groups is 2. The van der Waals surface area contributed by atoms with E-state index in [1.165, 1.54) is 4.90 Å². The Morgan fingerprint density at radius 2 is 2.09 bits per heavy atom. The zero-order valence-corrected chi connectivity index (χ0v) is 13.7. The molecule has 1 amide bonds. The molecule has 2 rings (SSSR count). The maximum absolute atomic E-state index is 12.0. The number of fused-ring (bicyclic) bond motifs is 1. The van der Waals surface area contributed by atoms with Crippen molar-refractivity contribution in [3.05, 3.63) is 34.9 Å². The van der Waals surface area contributed by atoms with E-state index >= 15 is 0 Å². The Kier molecular flexibility index (Phi) is 4.78. The van der Waals surface area contributed by atoms with Crippen LogP contribution in [0.1, 0.15) is 43.6 Å². The molecule has 0 heterocycles. The molecule has 0 fully saturated rings. The molecule has 1 aliphatic rings. The molecule has 0 saturated heterocycles. The van der Waals surface area contributed by atoms with Crippen LogP contribution < -0.4 is 0 Å². The molecule has 0 radical (unpaired) electrons. The van der Waals surface area contributed by atoms with Crippen molar-refractivity contribution in [1.29, 1.82) is 0 Å². The van der Waals surface area contributed by atoms with Crippen molar-refractivity contribution >= 4 is 6.09 Å². The third-order valence-corrected chi connectivity index (χ3v) is 3.82.